The Morgan fingerprint density at radius 2 is 2.05 bits per heavy atom. The molecule has 0 amide bonds. The summed E-state index contributed by atoms with van der Waals surface area (Å²) in [5.74, 6) is 0.199. The van der Waals surface area contributed by atoms with Crippen LogP contribution in [0.15, 0.2) is 24.3 Å². The van der Waals surface area contributed by atoms with Crippen LogP contribution in [0.4, 0.5) is 5.69 Å². The van der Waals surface area contributed by atoms with E-state index in [9.17, 15) is 4.79 Å². The van der Waals surface area contributed by atoms with Gasteiger partial charge in [0.05, 0.1) is 6.10 Å². The Balaban J connectivity index is 1.94. The minimum absolute atomic E-state index is 0.199. The van der Waals surface area contributed by atoms with Crippen molar-refractivity contribution in [2.75, 3.05) is 25.1 Å². The monoisotopic (exact) mass is 261 g/mol. The molecule has 1 atom stereocenters. The number of hydrogen-bond acceptors (Lipinski definition) is 3. The predicted octanol–water partition coefficient (Wildman–Crippen LogP) is 3.28. The zero-order valence-electron chi connectivity index (χ0n) is 11.9. The summed E-state index contributed by atoms with van der Waals surface area (Å²) in [6.07, 6.45) is 4.51. The highest BCUT2D eigenvalue weighted by molar-refractivity contribution is 5.96. The Morgan fingerprint density at radius 1 is 1.32 bits per heavy atom. The van der Waals surface area contributed by atoms with Crippen LogP contribution < -0.4 is 4.90 Å². The standard InChI is InChI=1S/C16H23NO2/c1-3-16(18)13-7-9-14(10-8-13)17(2)12-15-6-4-5-11-19-15/h7-10,15H,3-6,11-12H2,1-2H3. The molecule has 104 valence electrons. The summed E-state index contributed by atoms with van der Waals surface area (Å²) in [6.45, 7) is 3.70. The molecule has 0 saturated carbocycles. The highest BCUT2D eigenvalue weighted by Gasteiger charge is 2.16. The van der Waals surface area contributed by atoms with Crippen LogP contribution in [0.1, 0.15) is 43.0 Å². The number of benzene rings is 1. The first-order chi connectivity index (χ1) is 9.20. The van der Waals surface area contributed by atoms with E-state index in [-0.39, 0.29) is 5.78 Å². The lowest BCUT2D eigenvalue weighted by molar-refractivity contribution is 0.0216. The van der Waals surface area contributed by atoms with Crippen LogP contribution in [0, 0.1) is 0 Å². The molecule has 1 aromatic rings. The van der Waals surface area contributed by atoms with Crippen LogP contribution in [0.2, 0.25) is 0 Å². The Hall–Kier alpha value is -1.35. The van der Waals surface area contributed by atoms with Crippen LogP contribution in [0.3, 0.4) is 0 Å². The van der Waals surface area contributed by atoms with Gasteiger partial charge in [-0.1, -0.05) is 6.92 Å². The Morgan fingerprint density at radius 3 is 2.63 bits per heavy atom. The van der Waals surface area contributed by atoms with Crippen LogP contribution in [-0.4, -0.2) is 32.1 Å². The third-order valence-electron chi connectivity index (χ3n) is 3.70. The van der Waals surface area contributed by atoms with Gasteiger partial charge in [-0.2, -0.15) is 0 Å². The molecule has 0 aromatic heterocycles. The van der Waals surface area contributed by atoms with Crippen molar-refractivity contribution < 1.29 is 9.53 Å². The maximum atomic E-state index is 11.6. The molecule has 1 heterocycles. The summed E-state index contributed by atoms with van der Waals surface area (Å²) >= 11 is 0. The van der Waals surface area contributed by atoms with Gasteiger partial charge in [-0.3, -0.25) is 4.79 Å². The maximum absolute atomic E-state index is 11.6. The third-order valence-corrected chi connectivity index (χ3v) is 3.70. The molecule has 1 aromatic carbocycles. The van der Waals surface area contributed by atoms with Crippen molar-refractivity contribution >= 4 is 11.5 Å². The number of ether oxygens (including phenoxy) is 1. The van der Waals surface area contributed by atoms with Gasteiger partial charge in [0.25, 0.3) is 0 Å². The van der Waals surface area contributed by atoms with E-state index in [0.717, 1.165) is 30.8 Å². The molecule has 1 saturated heterocycles. The molecule has 19 heavy (non-hydrogen) atoms. The van der Waals surface area contributed by atoms with Crippen LogP contribution >= 0.6 is 0 Å². The average Bonchev–Trinajstić information content (AvgIpc) is 2.47. The van der Waals surface area contributed by atoms with Gasteiger partial charge in [0.1, 0.15) is 0 Å². The van der Waals surface area contributed by atoms with E-state index in [1.165, 1.54) is 12.8 Å². The van der Waals surface area contributed by atoms with Gasteiger partial charge in [0, 0.05) is 37.9 Å². The molecule has 1 unspecified atom stereocenters. The van der Waals surface area contributed by atoms with Gasteiger partial charge in [0.15, 0.2) is 5.78 Å². The Kier molecular flexibility index (Phi) is 4.97. The van der Waals surface area contributed by atoms with E-state index in [0.29, 0.717) is 12.5 Å². The number of anilines is 1. The van der Waals surface area contributed by atoms with Crippen molar-refractivity contribution in [1.82, 2.24) is 0 Å². The summed E-state index contributed by atoms with van der Waals surface area (Å²) < 4.78 is 5.75. The number of rotatable bonds is 5. The predicted molar refractivity (Wildman–Crippen MR) is 77.9 cm³/mol. The lowest BCUT2D eigenvalue weighted by Gasteiger charge is -2.28. The normalized spacial score (nSPS) is 19.2. The molecule has 0 radical (unpaired) electrons. The molecule has 0 N–H and O–H groups in total. The zero-order chi connectivity index (χ0) is 13.7. The second kappa shape index (κ2) is 6.71. The van der Waals surface area contributed by atoms with E-state index in [2.05, 4.69) is 11.9 Å². The van der Waals surface area contributed by atoms with Gasteiger partial charge in [-0.05, 0) is 43.5 Å². The van der Waals surface area contributed by atoms with Gasteiger partial charge in [-0.25, -0.2) is 0 Å². The van der Waals surface area contributed by atoms with Gasteiger partial charge < -0.3 is 9.64 Å². The Labute approximate surface area is 115 Å². The first-order valence-electron chi connectivity index (χ1n) is 7.16. The fourth-order valence-corrected chi connectivity index (χ4v) is 2.47. The second-order valence-electron chi connectivity index (χ2n) is 5.19. The number of nitrogens with zero attached hydrogens (tertiary/aromatic N) is 1. The summed E-state index contributed by atoms with van der Waals surface area (Å²) in [4.78, 5) is 13.8. The molecule has 1 aliphatic rings. The fourth-order valence-electron chi connectivity index (χ4n) is 2.47. The zero-order valence-corrected chi connectivity index (χ0v) is 11.9. The van der Waals surface area contributed by atoms with Gasteiger partial charge in [-0.15, -0.1) is 0 Å². The SMILES string of the molecule is CCC(=O)c1ccc(N(C)CC2CCCCO2)cc1. The number of Topliss-reactive ketones (excluding diaryl/α,β-unsaturated/α-hetero) is 1. The van der Waals surface area contributed by atoms with Crippen molar-refractivity contribution in [3.05, 3.63) is 29.8 Å². The molecule has 0 aliphatic carbocycles. The third kappa shape index (κ3) is 3.80. The number of likely N-dealkylation sites (N-methyl/N-ethyl adjacent to an activating group) is 1. The smallest absolute Gasteiger partial charge is 0.162 e. The molecule has 3 nitrogen and oxygen atoms in total. The number of hydrogen-bond donors (Lipinski definition) is 0. The maximum Gasteiger partial charge on any atom is 0.162 e. The topological polar surface area (TPSA) is 29.5 Å². The molecule has 3 heteroatoms. The molecule has 0 bridgehead atoms. The lowest BCUT2D eigenvalue weighted by atomic mass is 10.1. The summed E-state index contributed by atoms with van der Waals surface area (Å²) in [7, 11) is 2.08. The molecule has 0 spiro atoms. The molecule has 1 fully saturated rings. The average molecular weight is 261 g/mol. The lowest BCUT2D eigenvalue weighted by Crippen LogP contribution is -2.33. The van der Waals surface area contributed by atoms with E-state index in [1.54, 1.807) is 0 Å². The first kappa shape index (κ1) is 14.1. The summed E-state index contributed by atoms with van der Waals surface area (Å²) in [5.41, 5.74) is 1.94. The van der Waals surface area contributed by atoms with Crippen LogP contribution in [0.25, 0.3) is 0 Å². The number of ketones is 1. The van der Waals surface area contributed by atoms with Crippen molar-refractivity contribution in [2.45, 2.75) is 38.7 Å². The fraction of sp³-hybridized carbons (Fsp3) is 0.562. The van der Waals surface area contributed by atoms with E-state index in [1.807, 2.05) is 31.2 Å². The van der Waals surface area contributed by atoms with Crippen molar-refractivity contribution in [1.29, 1.82) is 0 Å². The van der Waals surface area contributed by atoms with E-state index < -0.39 is 0 Å². The minimum Gasteiger partial charge on any atom is -0.376 e. The van der Waals surface area contributed by atoms with Crippen LogP contribution in [0.5, 0.6) is 0 Å². The van der Waals surface area contributed by atoms with Crippen molar-refractivity contribution in [3.63, 3.8) is 0 Å². The number of carbonyl (C=O) groups excluding carboxylic acids is 1. The highest BCUT2D eigenvalue weighted by atomic mass is 16.5. The summed E-state index contributed by atoms with van der Waals surface area (Å²) in [5, 5.41) is 0. The molecule has 2 rings (SSSR count). The largest absolute Gasteiger partial charge is 0.376 e. The van der Waals surface area contributed by atoms with Gasteiger partial charge >= 0.3 is 0 Å². The molecule has 1 aliphatic heterocycles. The van der Waals surface area contributed by atoms with Crippen molar-refractivity contribution in [3.8, 4) is 0 Å². The van der Waals surface area contributed by atoms with Crippen molar-refractivity contribution in [2.24, 2.45) is 0 Å². The molecular weight excluding hydrogens is 238 g/mol. The Bertz CT molecular complexity index is 407. The number of carbonyl (C=O) groups is 1. The minimum atomic E-state index is 0.199. The highest BCUT2D eigenvalue weighted by Crippen LogP contribution is 2.19. The quantitative estimate of drug-likeness (QED) is 0.762. The summed E-state index contributed by atoms with van der Waals surface area (Å²) in [6, 6.07) is 7.87. The first-order valence-corrected chi connectivity index (χ1v) is 7.16. The van der Waals surface area contributed by atoms with Gasteiger partial charge in [0.2, 0.25) is 0 Å². The van der Waals surface area contributed by atoms with Crippen LogP contribution in [-0.2, 0) is 4.74 Å². The second-order valence-corrected chi connectivity index (χ2v) is 5.19. The van der Waals surface area contributed by atoms with E-state index in [4.69, 9.17) is 4.74 Å². The van der Waals surface area contributed by atoms with E-state index >= 15 is 0 Å². The molecular formula is C16H23NO2.